The molecule has 0 saturated carbocycles. The van der Waals surface area contributed by atoms with E-state index in [1.54, 1.807) is 0 Å². The lowest BCUT2D eigenvalue weighted by atomic mass is 9.98. The van der Waals surface area contributed by atoms with Crippen LogP contribution in [0, 0.1) is 0 Å². The standard InChI is InChI=1S/C15H26N2OS/c1-4-8-13(18-6-3)15-17-12-10-7-9-11(16-5-2)14(12)19-15/h11,13,16H,4-10H2,1-3H3. The molecule has 1 aliphatic rings. The van der Waals surface area contributed by atoms with Crippen molar-refractivity contribution in [3.8, 4) is 0 Å². The van der Waals surface area contributed by atoms with Crippen molar-refractivity contribution in [2.75, 3.05) is 13.2 Å². The van der Waals surface area contributed by atoms with Gasteiger partial charge >= 0.3 is 0 Å². The van der Waals surface area contributed by atoms with E-state index in [0.717, 1.165) is 32.4 Å². The number of aromatic nitrogens is 1. The van der Waals surface area contributed by atoms with Crippen LogP contribution in [0.4, 0.5) is 0 Å². The summed E-state index contributed by atoms with van der Waals surface area (Å²) >= 11 is 1.87. The smallest absolute Gasteiger partial charge is 0.122 e. The Balaban J connectivity index is 2.19. The molecule has 1 N–H and O–H groups in total. The van der Waals surface area contributed by atoms with Crippen LogP contribution in [0.2, 0.25) is 0 Å². The van der Waals surface area contributed by atoms with Gasteiger partial charge in [-0.15, -0.1) is 11.3 Å². The maximum absolute atomic E-state index is 5.87. The molecule has 2 atom stereocenters. The zero-order valence-electron chi connectivity index (χ0n) is 12.4. The largest absolute Gasteiger partial charge is 0.371 e. The lowest BCUT2D eigenvalue weighted by molar-refractivity contribution is 0.0554. The number of rotatable bonds is 7. The first-order valence-corrected chi connectivity index (χ1v) is 8.46. The van der Waals surface area contributed by atoms with Crippen LogP contribution in [0.25, 0.3) is 0 Å². The highest BCUT2D eigenvalue weighted by atomic mass is 32.1. The third kappa shape index (κ3) is 3.56. The molecular formula is C15H26N2OS. The maximum Gasteiger partial charge on any atom is 0.122 e. The highest BCUT2D eigenvalue weighted by Gasteiger charge is 2.26. The van der Waals surface area contributed by atoms with Crippen LogP contribution in [-0.4, -0.2) is 18.1 Å². The first kappa shape index (κ1) is 14.9. The van der Waals surface area contributed by atoms with Crippen LogP contribution in [0.5, 0.6) is 0 Å². The number of hydrogen-bond donors (Lipinski definition) is 1. The minimum atomic E-state index is 0.202. The molecule has 0 saturated heterocycles. The normalized spacial score (nSPS) is 20.3. The summed E-state index contributed by atoms with van der Waals surface area (Å²) in [5.41, 5.74) is 1.32. The van der Waals surface area contributed by atoms with Crippen molar-refractivity contribution >= 4 is 11.3 Å². The Bertz CT molecular complexity index is 385. The third-order valence-electron chi connectivity index (χ3n) is 3.61. The average Bonchev–Trinajstić information content (AvgIpc) is 2.84. The van der Waals surface area contributed by atoms with E-state index in [-0.39, 0.29) is 6.10 Å². The minimum absolute atomic E-state index is 0.202. The molecule has 19 heavy (non-hydrogen) atoms. The number of aryl methyl sites for hydroxylation is 1. The molecule has 0 aliphatic heterocycles. The van der Waals surface area contributed by atoms with E-state index in [1.165, 1.54) is 28.4 Å². The summed E-state index contributed by atoms with van der Waals surface area (Å²) in [7, 11) is 0. The summed E-state index contributed by atoms with van der Waals surface area (Å²) in [5.74, 6) is 0. The molecule has 2 unspecified atom stereocenters. The lowest BCUT2D eigenvalue weighted by Crippen LogP contribution is -2.23. The quantitative estimate of drug-likeness (QED) is 0.820. The summed E-state index contributed by atoms with van der Waals surface area (Å²) in [6.45, 7) is 8.25. The molecule has 0 aromatic carbocycles. The van der Waals surface area contributed by atoms with E-state index in [9.17, 15) is 0 Å². The predicted molar refractivity (Wildman–Crippen MR) is 80.7 cm³/mol. The van der Waals surface area contributed by atoms with E-state index >= 15 is 0 Å². The van der Waals surface area contributed by atoms with Gasteiger partial charge in [0.15, 0.2) is 0 Å². The Morgan fingerprint density at radius 1 is 1.42 bits per heavy atom. The number of thiazole rings is 1. The average molecular weight is 282 g/mol. The Morgan fingerprint density at radius 3 is 2.95 bits per heavy atom. The summed E-state index contributed by atoms with van der Waals surface area (Å²) < 4.78 is 5.87. The van der Waals surface area contributed by atoms with E-state index < -0.39 is 0 Å². The van der Waals surface area contributed by atoms with E-state index in [0.29, 0.717) is 6.04 Å². The molecule has 0 amide bonds. The molecule has 1 heterocycles. The summed E-state index contributed by atoms with van der Waals surface area (Å²) in [6, 6.07) is 0.518. The van der Waals surface area contributed by atoms with Gasteiger partial charge in [-0.25, -0.2) is 4.98 Å². The van der Waals surface area contributed by atoms with Crippen molar-refractivity contribution in [2.45, 2.75) is 65.0 Å². The van der Waals surface area contributed by atoms with Crippen LogP contribution >= 0.6 is 11.3 Å². The highest BCUT2D eigenvalue weighted by Crippen LogP contribution is 2.37. The van der Waals surface area contributed by atoms with E-state index in [2.05, 4.69) is 26.1 Å². The molecule has 4 heteroatoms. The van der Waals surface area contributed by atoms with Gasteiger partial charge in [-0.2, -0.15) is 0 Å². The summed E-state index contributed by atoms with van der Waals surface area (Å²) in [6.07, 6.45) is 6.06. The van der Waals surface area contributed by atoms with Crippen molar-refractivity contribution in [1.82, 2.24) is 10.3 Å². The number of nitrogens with one attached hydrogen (secondary N) is 1. The van der Waals surface area contributed by atoms with Gasteiger partial charge in [0, 0.05) is 17.5 Å². The Labute approximate surface area is 120 Å². The van der Waals surface area contributed by atoms with Gasteiger partial charge in [-0.1, -0.05) is 20.3 Å². The second-order valence-corrected chi connectivity index (χ2v) is 6.16. The van der Waals surface area contributed by atoms with Gasteiger partial charge < -0.3 is 10.1 Å². The molecule has 1 aliphatic carbocycles. The second kappa shape index (κ2) is 7.36. The fourth-order valence-corrected chi connectivity index (χ4v) is 4.07. The molecular weight excluding hydrogens is 256 g/mol. The fourth-order valence-electron chi connectivity index (χ4n) is 2.76. The lowest BCUT2D eigenvalue weighted by Gasteiger charge is -2.21. The van der Waals surface area contributed by atoms with Crippen LogP contribution in [0.3, 0.4) is 0 Å². The predicted octanol–water partition coefficient (Wildman–Crippen LogP) is 4.01. The first-order valence-electron chi connectivity index (χ1n) is 7.64. The maximum atomic E-state index is 5.87. The monoisotopic (exact) mass is 282 g/mol. The second-order valence-electron chi connectivity index (χ2n) is 5.10. The number of hydrogen-bond acceptors (Lipinski definition) is 4. The molecule has 0 bridgehead atoms. The highest BCUT2D eigenvalue weighted by molar-refractivity contribution is 7.11. The topological polar surface area (TPSA) is 34.1 Å². The zero-order valence-corrected chi connectivity index (χ0v) is 13.2. The van der Waals surface area contributed by atoms with Crippen LogP contribution in [0.15, 0.2) is 0 Å². The number of fused-ring (bicyclic) bond motifs is 1. The molecule has 1 aromatic heterocycles. The fraction of sp³-hybridized carbons (Fsp3) is 0.800. The van der Waals surface area contributed by atoms with E-state index in [4.69, 9.17) is 9.72 Å². The molecule has 108 valence electrons. The number of nitrogens with zero attached hydrogens (tertiary/aromatic N) is 1. The van der Waals surface area contributed by atoms with Crippen molar-refractivity contribution in [1.29, 1.82) is 0 Å². The van der Waals surface area contributed by atoms with Gasteiger partial charge in [0.05, 0.1) is 5.69 Å². The van der Waals surface area contributed by atoms with Gasteiger partial charge in [0.1, 0.15) is 11.1 Å². The summed E-state index contributed by atoms with van der Waals surface area (Å²) in [4.78, 5) is 6.34. The van der Waals surface area contributed by atoms with Crippen LogP contribution < -0.4 is 5.32 Å². The number of ether oxygens (including phenoxy) is 1. The van der Waals surface area contributed by atoms with E-state index in [1.807, 2.05) is 11.3 Å². The zero-order chi connectivity index (χ0) is 13.7. The summed E-state index contributed by atoms with van der Waals surface area (Å²) in [5, 5.41) is 4.78. The third-order valence-corrected chi connectivity index (χ3v) is 4.92. The molecule has 1 aromatic rings. The minimum Gasteiger partial charge on any atom is -0.371 e. The Kier molecular flexibility index (Phi) is 5.79. The van der Waals surface area contributed by atoms with Crippen molar-refractivity contribution < 1.29 is 4.74 Å². The van der Waals surface area contributed by atoms with Crippen molar-refractivity contribution in [3.05, 3.63) is 15.6 Å². The Morgan fingerprint density at radius 2 is 2.26 bits per heavy atom. The van der Waals surface area contributed by atoms with Crippen LogP contribution in [0.1, 0.15) is 74.2 Å². The molecule has 3 nitrogen and oxygen atoms in total. The van der Waals surface area contributed by atoms with Crippen molar-refractivity contribution in [3.63, 3.8) is 0 Å². The van der Waals surface area contributed by atoms with Gasteiger partial charge in [0.25, 0.3) is 0 Å². The molecule has 0 spiro atoms. The Hall–Kier alpha value is -0.450. The SMILES string of the molecule is CCCC(OCC)c1nc2c(s1)C(NCC)CCC2. The van der Waals surface area contributed by atoms with Crippen molar-refractivity contribution in [2.24, 2.45) is 0 Å². The van der Waals surface area contributed by atoms with Crippen LogP contribution in [-0.2, 0) is 11.2 Å². The molecule has 2 rings (SSSR count). The van der Waals surface area contributed by atoms with Gasteiger partial charge in [-0.3, -0.25) is 0 Å². The van der Waals surface area contributed by atoms with Gasteiger partial charge in [0.2, 0.25) is 0 Å². The molecule has 0 radical (unpaired) electrons. The van der Waals surface area contributed by atoms with Gasteiger partial charge in [-0.05, 0) is 39.2 Å². The molecule has 0 fully saturated rings. The first-order chi connectivity index (χ1) is 9.30.